The second kappa shape index (κ2) is 11.0. The molecule has 1 N–H and O–H groups in total. The fraction of sp³-hybridized carbons (Fsp3) is 0.269. The third kappa shape index (κ3) is 6.14. The molecular formula is C26H30N2O4S. The normalized spacial score (nSPS) is 12.1. The number of benzene rings is 3. The van der Waals surface area contributed by atoms with Gasteiger partial charge in [-0.1, -0.05) is 55.0 Å². The van der Waals surface area contributed by atoms with E-state index in [1.165, 1.54) is 12.1 Å². The van der Waals surface area contributed by atoms with Crippen LogP contribution in [-0.4, -0.2) is 27.5 Å². The number of nitrogens with zero attached hydrogens (tertiary/aromatic N) is 1. The van der Waals surface area contributed by atoms with E-state index in [0.29, 0.717) is 24.5 Å². The summed E-state index contributed by atoms with van der Waals surface area (Å²) in [5, 5.41) is 2.99. The van der Waals surface area contributed by atoms with Crippen LogP contribution in [0, 0.1) is 6.92 Å². The lowest BCUT2D eigenvalue weighted by atomic mass is 10.0. The van der Waals surface area contributed by atoms with E-state index in [1.807, 2.05) is 45.0 Å². The number of aryl methyl sites for hydroxylation is 1. The number of sulfonamides is 1. The number of ether oxygens (including phenoxy) is 1. The molecule has 6 nitrogen and oxygen atoms in total. The third-order valence-electron chi connectivity index (χ3n) is 5.28. The minimum Gasteiger partial charge on any atom is -0.494 e. The zero-order valence-electron chi connectivity index (χ0n) is 19.2. The molecule has 0 spiro atoms. The van der Waals surface area contributed by atoms with Crippen molar-refractivity contribution < 1.29 is 17.9 Å². The number of hydrogen-bond acceptors (Lipinski definition) is 4. The van der Waals surface area contributed by atoms with Crippen LogP contribution in [0.4, 0.5) is 5.69 Å². The van der Waals surface area contributed by atoms with Gasteiger partial charge in [0.25, 0.3) is 10.0 Å². The van der Waals surface area contributed by atoms with Crippen LogP contribution < -0.4 is 14.4 Å². The molecule has 0 unspecified atom stereocenters. The van der Waals surface area contributed by atoms with E-state index in [0.717, 1.165) is 15.4 Å². The summed E-state index contributed by atoms with van der Waals surface area (Å²) in [6.45, 7) is 6.03. The first kappa shape index (κ1) is 24.3. The lowest BCUT2D eigenvalue weighted by Crippen LogP contribution is -2.42. The van der Waals surface area contributed by atoms with Gasteiger partial charge in [0.2, 0.25) is 5.91 Å². The van der Waals surface area contributed by atoms with Crippen molar-refractivity contribution in [3.63, 3.8) is 0 Å². The first-order valence-electron chi connectivity index (χ1n) is 11.0. The Hall–Kier alpha value is -3.32. The van der Waals surface area contributed by atoms with Gasteiger partial charge >= 0.3 is 0 Å². The Morgan fingerprint density at radius 3 is 2.15 bits per heavy atom. The molecule has 3 aromatic rings. The number of anilines is 1. The lowest BCUT2D eigenvalue weighted by Gasteiger charge is -2.26. The standard InChI is InChI=1S/C26H30N2O4S/c1-4-25(21-13-11-20(3)12-14-21)27-26(29)19-28(22-15-17-23(18-16-22)32-5-2)33(30,31)24-9-7-6-8-10-24/h6-18,25H,4-5,19H2,1-3H3,(H,27,29)/t25-/m0/s1. The molecule has 0 aliphatic carbocycles. The first-order valence-corrected chi connectivity index (χ1v) is 12.5. The molecule has 0 heterocycles. The fourth-order valence-corrected chi connectivity index (χ4v) is 4.94. The molecule has 0 saturated heterocycles. The largest absolute Gasteiger partial charge is 0.494 e. The number of hydrogen-bond donors (Lipinski definition) is 1. The molecule has 0 bridgehead atoms. The van der Waals surface area contributed by atoms with Gasteiger partial charge in [0.1, 0.15) is 12.3 Å². The molecule has 0 aliphatic rings. The molecule has 174 valence electrons. The molecule has 0 fully saturated rings. The SMILES string of the molecule is CCOc1ccc(N(CC(=O)N[C@@H](CC)c2ccc(C)cc2)S(=O)(=O)c2ccccc2)cc1. The van der Waals surface area contributed by atoms with Gasteiger partial charge < -0.3 is 10.1 Å². The van der Waals surface area contributed by atoms with Crippen LogP contribution in [0.25, 0.3) is 0 Å². The lowest BCUT2D eigenvalue weighted by molar-refractivity contribution is -0.120. The number of amides is 1. The topological polar surface area (TPSA) is 75.7 Å². The summed E-state index contributed by atoms with van der Waals surface area (Å²) in [4.78, 5) is 13.2. The summed E-state index contributed by atoms with van der Waals surface area (Å²) < 4.78 is 33.5. The van der Waals surface area contributed by atoms with Crippen molar-refractivity contribution in [1.82, 2.24) is 5.32 Å². The Morgan fingerprint density at radius 1 is 0.939 bits per heavy atom. The van der Waals surface area contributed by atoms with Crippen LogP contribution in [0.15, 0.2) is 83.8 Å². The number of carbonyl (C=O) groups is 1. The summed E-state index contributed by atoms with van der Waals surface area (Å²) >= 11 is 0. The highest BCUT2D eigenvalue weighted by Gasteiger charge is 2.28. The molecular weight excluding hydrogens is 436 g/mol. The Kier molecular flexibility index (Phi) is 8.11. The highest BCUT2D eigenvalue weighted by Crippen LogP contribution is 2.26. The van der Waals surface area contributed by atoms with Gasteiger partial charge in [0.05, 0.1) is 23.2 Å². The Labute approximate surface area is 196 Å². The van der Waals surface area contributed by atoms with E-state index >= 15 is 0 Å². The molecule has 0 aromatic heterocycles. The van der Waals surface area contributed by atoms with E-state index < -0.39 is 10.0 Å². The van der Waals surface area contributed by atoms with Crippen molar-refractivity contribution in [1.29, 1.82) is 0 Å². The maximum atomic E-state index is 13.5. The quantitative estimate of drug-likeness (QED) is 0.463. The first-order chi connectivity index (χ1) is 15.8. The highest BCUT2D eigenvalue weighted by molar-refractivity contribution is 7.92. The van der Waals surface area contributed by atoms with Crippen molar-refractivity contribution in [2.45, 2.75) is 38.1 Å². The Bertz CT molecular complexity index is 1150. The van der Waals surface area contributed by atoms with Gasteiger partial charge in [-0.25, -0.2) is 8.42 Å². The molecule has 1 amide bonds. The minimum absolute atomic E-state index is 0.122. The Balaban J connectivity index is 1.88. The van der Waals surface area contributed by atoms with E-state index in [1.54, 1.807) is 42.5 Å². The monoisotopic (exact) mass is 466 g/mol. The van der Waals surface area contributed by atoms with Crippen LogP contribution in [0.1, 0.15) is 37.4 Å². The van der Waals surface area contributed by atoms with Gasteiger partial charge in [-0.3, -0.25) is 9.10 Å². The third-order valence-corrected chi connectivity index (χ3v) is 7.07. The average Bonchev–Trinajstić information content (AvgIpc) is 2.83. The minimum atomic E-state index is -3.96. The summed E-state index contributed by atoms with van der Waals surface area (Å²) in [5.41, 5.74) is 2.51. The molecule has 3 rings (SSSR count). The predicted molar refractivity (Wildman–Crippen MR) is 131 cm³/mol. The fourth-order valence-electron chi connectivity index (χ4n) is 3.50. The van der Waals surface area contributed by atoms with Crippen molar-refractivity contribution in [2.24, 2.45) is 0 Å². The number of rotatable bonds is 10. The summed E-state index contributed by atoms with van der Waals surface area (Å²) in [6.07, 6.45) is 0.684. The smallest absolute Gasteiger partial charge is 0.264 e. The molecule has 33 heavy (non-hydrogen) atoms. The van der Waals surface area contributed by atoms with Crippen LogP contribution in [-0.2, 0) is 14.8 Å². The molecule has 1 atom stereocenters. The second-order valence-electron chi connectivity index (χ2n) is 7.69. The van der Waals surface area contributed by atoms with Crippen molar-refractivity contribution in [3.8, 4) is 5.75 Å². The van der Waals surface area contributed by atoms with Crippen LogP contribution >= 0.6 is 0 Å². The molecule has 0 radical (unpaired) electrons. The van der Waals surface area contributed by atoms with Gasteiger partial charge in [-0.2, -0.15) is 0 Å². The van der Waals surface area contributed by atoms with Crippen molar-refractivity contribution in [2.75, 3.05) is 17.5 Å². The van der Waals surface area contributed by atoms with E-state index in [9.17, 15) is 13.2 Å². The summed E-state index contributed by atoms with van der Waals surface area (Å²) in [7, 11) is -3.96. The highest BCUT2D eigenvalue weighted by atomic mass is 32.2. The maximum Gasteiger partial charge on any atom is 0.264 e. The van der Waals surface area contributed by atoms with Crippen molar-refractivity contribution >= 4 is 21.6 Å². The van der Waals surface area contributed by atoms with E-state index in [2.05, 4.69) is 5.32 Å². The molecule has 0 saturated carbocycles. The van der Waals surface area contributed by atoms with Gasteiger partial charge in [0, 0.05) is 0 Å². The van der Waals surface area contributed by atoms with E-state index in [-0.39, 0.29) is 23.4 Å². The zero-order chi connectivity index (χ0) is 23.8. The zero-order valence-corrected chi connectivity index (χ0v) is 20.0. The van der Waals surface area contributed by atoms with Gasteiger partial charge in [-0.05, 0) is 62.2 Å². The second-order valence-corrected chi connectivity index (χ2v) is 9.55. The maximum absolute atomic E-state index is 13.5. The summed E-state index contributed by atoms with van der Waals surface area (Å²) in [6, 6.07) is 22.6. The Morgan fingerprint density at radius 2 is 1.58 bits per heavy atom. The van der Waals surface area contributed by atoms with Crippen LogP contribution in [0.5, 0.6) is 5.75 Å². The molecule has 7 heteroatoms. The molecule has 0 aliphatic heterocycles. The van der Waals surface area contributed by atoms with Gasteiger partial charge in [0.15, 0.2) is 0 Å². The van der Waals surface area contributed by atoms with E-state index in [4.69, 9.17) is 4.74 Å². The van der Waals surface area contributed by atoms with Crippen LogP contribution in [0.3, 0.4) is 0 Å². The number of nitrogens with one attached hydrogen (secondary N) is 1. The summed E-state index contributed by atoms with van der Waals surface area (Å²) in [5.74, 6) is 0.254. The average molecular weight is 467 g/mol. The number of carbonyl (C=O) groups excluding carboxylic acids is 1. The van der Waals surface area contributed by atoms with Crippen molar-refractivity contribution in [3.05, 3.63) is 90.0 Å². The van der Waals surface area contributed by atoms with Crippen LogP contribution in [0.2, 0.25) is 0 Å². The predicted octanol–water partition coefficient (Wildman–Crippen LogP) is 4.86. The van der Waals surface area contributed by atoms with Gasteiger partial charge in [-0.15, -0.1) is 0 Å². The molecule has 3 aromatic carbocycles.